The van der Waals surface area contributed by atoms with Crippen molar-refractivity contribution in [3.63, 3.8) is 0 Å². The quantitative estimate of drug-likeness (QED) is 0.608. The van der Waals surface area contributed by atoms with Crippen LogP contribution >= 0.6 is 0 Å². The number of hydrogen-bond donors (Lipinski definition) is 2. The fraction of sp³-hybridized carbons (Fsp3) is 0.600. The van der Waals surface area contributed by atoms with Crippen LogP contribution in [0.4, 0.5) is 0 Å². The number of rotatable bonds is 6. The van der Waals surface area contributed by atoms with E-state index in [4.69, 9.17) is 15.3 Å². The van der Waals surface area contributed by atoms with E-state index < -0.39 is 0 Å². The number of benzene rings is 1. The van der Waals surface area contributed by atoms with E-state index in [2.05, 4.69) is 17.6 Å². The summed E-state index contributed by atoms with van der Waals surface area (Å²) in [6.45, 7) is 1.78. The molecule has 19 heavy (non-hydrogen) atoms. The molecule has 0 saturated carbocycles. The number of nitrogens with two attached hydrogens (primary N) is 1. The Morgan fingerprint density at radius 2 is 2.21 bits per heavy atom. The van der Waals surface area contributed by atoms with Crippen LogP contribution < -0.4 is 16.0 Å². The molecule has 4 nitrogen and oxygen atoms in total. The smallest absolute Gasteiger partial charge is 0.119 e. The Bertz CT molecular complexity index is 378. The van der Waals surface area contributed by atoms with Crippen LogP contribution in [0.5, 0.6) is 5.75 Å². The van der Waals surface area contributed by atoms with E-state index >= 15 is 0 Å². The largest absolute Gasteiger partial charge is 0.497 e. The predicted molar refractivity (Wildman–Crippen MR) is 76.0 cm³/mol. The number of hydrazine groups is 1. The molecule has 0 aliphatic carbocycles. The Morgan fingerprint density at radius 3 is 2.89 bits per heavy atom. The molecule has 0 radical (unpaired) electrons. The fourth-order valence-electron chi connectivity index (χ4n) is 2.68. The molecule has 1 aromatic rings. The molecule has 2 rings (SSSR count). The maximum absolute atomic E-state index is 5.70. The van der Waals surface area contributed by atoms with E-state index in [1.807, 2.05) is 12.1 Å². The normalized spacial score (nSPS) is 18.2. The molecule has 1 atom stereocenters. The first-order valence-corrected chi connectivity index (χ1v) is 6.98. The first kappa shape index (κ1) is 14.3. The maximum atomic E-state index is 5.70. The molecule has 1 fully saturated rings. The van der Waals surface area contributed by atoms with Crippen LogP contribution in [0.25, 0.3) is 0 Å². The number of ether oxygens (including phenoxy) is 2. The summed E-state index contributed by atoms with van der Waals surface area (Å²) in [6, 6.07) is 8.50. The Morgan fingerprint density at radius 1 is 1.42 bits per heavy atom. The highest BCUT2D eigenvalue weighted by atomic mass is 16.5. The van der Waals surface area contributed by atoms with Gasteiger partial charge in [0, 0.05) is 19.3 Å². The zero-order valence-corrected chi connectivity index (χ0v) is 11.6. The van der Waals surface area contributed by atoms with Crippen molar-refractivity contribution in [1.82, 2.24) is 5.43 Å². The van der Waals surface area contributed by atoms with Crippen molar-refractivity contribution in [3.05, 3.63) is 29.8 Å². The topological polar surface area (TPSA) is 56.5 Å². The van der Waals surface area contributed by atoms with Gasteiger partial charge in [-0.15, -0.1) is 0 Å². The average Bonchev–Trinajstić information content (AvgIpc) is 2.48. The number of nitrogens with one attached hydrogen (secondary N) is 1. The van der Waals surface area contributed by atoms with Crippen LogP contribution in [0.1, 0.15) is 24.8 Å². The van der Waals surface area contributed by atoms with E-state index in [1.54, 1.807) is 7.11 Å². The summed E-state index contributed by atoms with van der Waals surface area (Å²) < 4.78 is 10.6. The van der Waals surface area contributed by atoms with E-state index in [0.29, 0.717) is 6.04 Å². The van der Waals surface area contributed by atoms with Crippen LogP contribution in [0.15, 0.2) is 24.3 Å². The Kier molecular flexibility index (Phi) is 5.63. The summed E-state index contributed by atoms with van der Waals surface area (Å²) in [7, 11) is 1.69. The van der Waals surface area contributed by atoms with Crippen molar-refractivity contribution in [2.75, 3.05) is 20.3 Å². The summed E-state index contributed by atoms with van der Waals surface area (Å²) in [6.07, 6.45) is 4.34. The van der Waals surface area contributed by atoms with Crippen LogP contribution in [-0.4, -0.2) is 26.4 Å². The number of hydrogen-bond acceptors (Lipinski definition) is 4. The maximum Gasteiger partial charge on any atom is 0.119 e. The molecular weight excluding hydrogens is 240 g/mol. The lowest BCUT2D eigenvalue weighted by Crippen LogP contribution is -2.39. The second-order valence-corrected chi connectivity index (χ2v) is 5.21. The van der Waals surface area contributed by atoms with Crippen molar-refractivity contribution >= 4 is 0 Å². The Labute approximate surface area is 115 Å². The lowest BCUT2D eigenvalue weighted by molar-refractivity contribution is 0.0605. The highest BCUT2D eigenvalue weighted by molar-refractivity contribution is 5.28. The Balaban J connectivity index is 1.90. The van der Waals surface area contributed by atoms with Gasteiger partial charge in [-0.1, -0.05) is 12.1 Å². The van der Waals surface area contributed by atoms with Gasteiger partial charge in [-0.05, 0) is 49.3 Å². The second-order valence-electron chi connectivity index (χ2n) is 5.21. The molecule has 0 aromatic heterocycles. The molecule has 1 aliphatic heterocycles. The van der Waals surface area contributed by atoms with Gasteiger partial charge < -0.3 is 9.47 Å². The van der Waals surface area contributed by atoms with Gasteiger partial charge in [-0.3, -0.25) is 11.3 Å². The lowest BCUT2D eigenvalue weighted by Gasteiger charge is -2.26. The molecule has 1 aromatic carbocycles. The third-order valence-electron chi connectivity index (χ3n) is 3.81. The van der Waals surface area contributed by atoms with Crippen LogP contribution in [0, 0.1) is 5.92 Å². The van der Waals surface area contributed by atoms with Gasteiger partial charge in [0.15, 0.2) is 0 Å². The van der Waals surface area contributed by atoms with Crippen molar-refractivity contribution in [2.45, 2.75) is 31.7 Å². The SMILES string of the molecule is COc1cccc(CC(CC2CCOCC2)NN)c1. The molecule has 1 aliphatic rings. The number of methoxy groups -OCH3 is 1. The van der Waals surface area contributed by atoms with Crippen molar-refractivity contribution < 1.29 is 9.47 Å². The molecule has 3 N–H and O–H groups in total. The third kappa shape index (κ3) is 4.49. The minimum Gasteiger partial charge on any atom is -0.497 e. The molecule has 0 bridgehead atoms. The van der Waals surface area contributed by atoms with Gasteiger partial charge in [-0.2, -0.15) is 0 Å². The van der Waals surface area contributed by atoms with Crippen LogP contribution in [-0.2, 0) is 11.2 Å². The van der Waals surface area contributed by atoms with Gasteiger partial charge >= 0.3 is 0 Å². The summed E-state index contributed by atoms with van der Waals surface area (Å²) in [5, 5.41) is 0. The van der Waals surface area contributed by atoms with Gasteiger partial charge in [0.2, 0.25) is 0 Å². The molecule has 1 saturated heterocycles. The average molecular weight is 264 g/mol. The minimum absolute atomic E-state index is 0.315. The monoisotopic (exact) mass is 264 g/mol. The summed E-state index contributed by atoms with van der Waals surface area (Å²) in [4.78, 5) is 0. The Hall–Kier alpha value is -1.10. The summed E-state index contributed by atoms with van der Waals surface area (Å²) in [5.41, 5.74) is 4.21. The van der Waals surface area contributed by atoms with Gasteiger partial charge in [-0.25, -0.2) is 0 Å². The second kappa shape index (κ2) is 7.48. The first-order chi connectivity index (χ1) is 9.31. The van der Waals surface area contributed by atoms with Crippen molar-refractivity contribution in [1.29, 1.82) is 0 Å². The van der Waals surface area contributed by atoms with Gasteiger partial charge in [0.05, 0.1) is 7.11 Å². The van der Waals surface area contributed by atoms with Crippen molar-refractivity contribution in [2.24, 2.45) is 11.8 Å². The van der Waals surface area contributed by atoms with Gasteiger partial charge in [0.1, 0.15) is 5.75 Å². The molecule has 1 heterocycles. The zero-order chi connectivity index (χ0) is 13.5. The summed E-state index contributed by atoms with van der Waals surface area (Å²) >= 11 is 0. The van der Waals surface area contributed by atoms with E-state index in [1.165, 1.54) is 5.56 Å². The minimum atomic E-state index is 0.315. The highest BCUT2D eigenvalue weighted by Crippen LogP contribution is 2.22. The molecular formula is C15H24N2O2. The van der Waals surface area contributed by atoms with Crippen LogP contribution in [0.3, 0.4) is 0 Å². The molecule has 0 spiro atoms. The molecule has 1 unspecified atom stereocenters. The lowest BCUT2D eigenvalue weighted by atomic mass is 9.90. The van der Waals surface area contributed by atoms with E-state index in [9.17, 15) is 0 Å². The van der Waals surface area contributed by atoms with Gasteiger partial charge in [0.25, 0.3) is 0 Å². The van der Waals surface area contributed by atoms with E-state index in [0.717, 1.165) is 50.6 Å². The fourth-order valence-corrected chi connectivity index (χ4v) is 2.68. The summed E-state index contributed by atoms with van der Waals surface area (Å²) in [5.74, 6) is 7.32. The van der Waals surface area contributed by atoms with Crippen LogP contribution in [0.2, 0.25) is 0 Å². The first-order valence-electron chi connectivity index (χ1n) is 6.98. The highest BCUT2D eigenvalue weighted by Gasteiger charge is 2.19. The predicted octanol–water partition coefficient (Wildman–Crippen LogP) is 1.89. The van der Waals surface area contributed by atoms with E-state index in [-0.39, 0.29) is 0 Å². The third-order valence-corrected chi connectivity index (χ3v) is 3.81. The molecule has 4 heteroatoms. The molecule has 106 valence electrons. The molecule has 0 amide bonds. The van der Waals surface area contributed by atoms with Crippen molar-refractivity contribution in [3.8, 4) is 5.75 Å². The standard InChI is InChI=1S/C15H24N2O2/c1-18-15-4-2-3-13(11-15)10-14(17-16)9-12-5-7-19-8-6-12/h2-4,11-12,14,17H,5-10,16H2,1H3. The zero-order valence-electron chi connectivity index (χ0n) is 11.6.